The first-order valence-corrected chi connectivity index (χ1v) is 13.4. The molecule has 5 aliphatic carbocycles. The van der Waals surface area contributed by atoms with Gasteiger partial charge in [0.05, 0.1) is 6.10 Å². The highest BCUT2D eigenvalue weighted by atomic mass is 16.3. The van der Waals surface area contributed by atoms with E-state index in [4.69, 9.17) is 0 Å². The number of hydrogen-bond acceptors (Lipinski definition) is 1. The molecule has 0 radical (unpaired) electrons. The quantitative estimate of drug-likeness (QED) is 0.507. The Morgan fingerprint density at radius 2 is 1.69 bits per heavy atom. The minimum atomic E-state index is 0.000955. The molecule has 0 aromatic carbocycles. The molecule has 5 fully saturated rings. The molecular formula is C28H48O. The molecule has 10 atom stereocenters. The van der Waals surface area contributed by atoms with Crippen LogP contribution in [0.2, 0.25) is 0 Å². The molecule has 5 aliphatic rings. The summed E-state index contributed by atoms with van der Waals surface area (Å²) in [7, 11) is 0. The van der Waals surface area contributed by atoms with E-state index in [9.17, 15) is 5.11 Å². The maximum atomic E-state index is 10.4. The van der Waals surface area contributed by atoms with E-state index in [0.29, 0.717) is 16.2 Å². The fourth-order valence-corrected chi connectivity index (χ4v) is 10.4. The lowest BCUT2D eigenvalue weighted by molar-refractivity contribution is -0.137. The lowest BCUT2D eigenvalue weighted by atomic mass is 9.44. The average molecular weight is 401 g/mol. The second-order valence-electron chi connectivity index (χ2n) is 13.5. The molecule has 0 saturated heterocycles. The maximum absolute atomic E-state index is 10.4. The zero-order chi connectivity index (χ0) is 20.6. The minimum absolute atomic E-state index is 0.000955. The molecule has 0 heterocycles. The van der Waals surface area contributed by atoms with Gasteiger partial charge in [-0.1, -0.05) is 53.9 Å². The standard InChI is InChI=1S/C28H48O/c1-18(2)7-6-8-19(3)23-9-10-24-22-15-20-16-28(20)17-21(29)11-14-27(28,5)25(22)12-13-26(23,24)4/h18-25,29H,6-17H2,1-5H3/t19-,20+,21+,22+,23-,24+,25+,26-,27-,28+/m1/s1. The summed E-state index contributed by atoms with van der Waals surface area (Å²) < 4.78 is 0. The van der Waals surface area contributed by atoms with Crippen LogP contribution in [0.5, 0.6) is 0 Å². The van der Waals surface area contributed by atoms with E-state index in [1.807, 2.05) is 0 Å². The number of aliphatic hydroxyl groups excluding tert-OH is 1. The van der Waals surface area contributed by atoms with Crippen molar-refractivity contribution >= 4 is 0 Å². The molecule has 1 spiro atoms. The Labute approximate surface area is 180 Å². The Morgan fingerprint density at radius 3 is 2.45 bits per heavy atom. The van der Waals surface area contributed by atoms with Crippen molar-refractivity contribution in [2.45, 2.75) is 118 Å². The van der Waals surface area contributed by atoms with Gasteiger partial charge in [0.15, 0.2) is 0 Å². The van der Waals surface area contributed by atoms with E-state index in [2.05, 4.69) is 34.6 Å². The molecule has 0 amide bonds. The summed E-state index contributed by atoms with van der Waals surface area (Å²) in [4.78, 5) is 0. The molecule has 0 aromatic rings. The molecule has 1 nitrogen and oxygen atoms in total. The van der Waals surface area contributed by atoms with E-state index in [1.165, 1.54) is 64.2 Å². The fraction of sp³-hybridized carbons (Fsp3) is 1.00. The van der Waals surface area contributed by atoms with Crippen LogP contribution in [-0.2, 0) is 0 Å². The van der Waals surface area contributed by atoms with Crippen molar-refractivity contribution in [2.75, 3.05) is 0 Å². The van der Waals surface area contributed by atoms with Gasteiger partial charge in [-0.25, -0.2) is 0 Å². The average Bonchev–Trinajstić information content (AvgIpc) is 3.22. The van der Waals surface area contributed by atoms with Gasteiger partial charge in [0.1, 0.15) is 0 Å². The first-order chi connectivity index (χ1) is 13.7. The van der Waals surface area contributed by atoms with Crippen LogP contribution in [-0.4, -0.2) is 11.2 Å². The number of hydrogen-bond donors (Lipinski definition) is 1. The third-order valence-electron chi connectivity index (χ3n) is 12.0. The molecular weight excluding hydrogens is 352 g/mol. The molecule has 0 aromatic heterocycles. The van der Waals surface area contributed by atoms with Gasteiger partial charge in [-0.2, -0.15) is 0 Å². The molecule has 5 rings (SSSR count). The van der Waals surface area contributed by atoms with Crippen molar-refractivity contribution in [1.82, 2.24) is 0 Å². The third kappa shape index (κ3) is 2.95. The summed E-state index contributed by atoms with van der Waals surface area (Å²) in [6.45, 7) is 12.8. The van der Waals surface area contributed by atoms with Crippen molar-refractivity contribution in [1.29, 1.82) is 0 Å². The summed E-state index contributed by atoms with van der Waals surface area (Å²) >= 11 is 0. The monoisotopic (exact) mass is 400 g/mol. The Balaban J connectivity index is 1.33. The summed E-state index contributed by atoms with van der Waals surface area (Å²) in [5.74, 6) is 6.68. The highest BCUT2D eigenvalue weighted by Gasteiger charge is 2.73. The van der Waals surface area contributed by atoms with E-state index in [-0.39, 0.29) is 6.10 Å². The summed E-state index contributed by atoms with van der Waals surface area (Å²) in [6.07, 6.45) is 16.8. The van der Waals surface area contributed by atoms with Crippen molar-refractivity contribution in [3.8, 4) is 0 Å². The second kappa shape index (κ2) is 6.98. The van der Waals surface area contributed by atoms with Crippen LogP contribution in [0.1, 0.15) is 112 Å². The van der Waals surface area contributed by atoms with Gasteiger partial charge in [-0.05, 0) is 115 Å². The molecule has 5 saturated carbocycles. The molecule has 0 aliphatic heterocycles. The molecule has 1 N–H and O–H groups in total. The van der Waals surface area contributed by atoms with E-state index in [1.54, 1.807) is 0 Å². The van der Waals surface area contributed by atoms with Gasteiger partial charge < -0.3 is 5.11 Å². The molecule has 166 valence electrons. The first-order valence-electron chi connectivity index (χ1n) is 13.4. The predicted molar refractivity (Wildman–Crippen MR) is 122 cm³/mol. The Hall–Kier alpha value is -0.0400. The van der Waals surface area contributed by atoms with Crippen LogP contribution in [0, 0.1) is 57.7 Å². The van der Waals surface area contributed by atoms with Crippen LogP contribution < -0.4 is 0 Å². The van der Waals surface area contributed by atoms with Gasteiger partial charge in [0.25, 0.3) is 0 Å². The number of rotatable bonds is 5. The Bertz CT molecular complexity index is 626. The van der Waals surface area contributed by atoms with Gasteiger partial charge in [-0.15, -0.1) is 0 Å². The molecule has 0 unspecified atom stereocenters. The van der Waals surface area contributed by atoms with Crippen molar-refractivity contribution < 1.29 is 5.11 Å². The van der Waals surface area contributed by atoms with Crippen LogP contribution in [0.25, 0.3) is 0 Å². The van der Waals surface area contributed by atoms with Crippen molar-refractivity contribution in [2.24, 2.45) is 57.7 Å². The first kappa shape index (κ1) is 20.8. The largest absolute Gasteiger partial charge is 0.393 e. The van der Waals surface area contributed by atoms with E-state index >= 15 is 0 Å². The van der Waals surface area contributed by atoms with Crippen LogP contribution in [0.4, 0.5) is 0 Å². The van der Waals surface area contributed by atoms with Crippen LogP contribution in [0.15, 0.2) is 0 Å². The SMILES string of the molecule is CC(C)CCC[C@@H](C)[C@H]1CC[C@H]2[C@@H]3C[C@H]4C[C@]45C[C@@H](O)CC[C@]5(C)[C@H]3CC[C@]12C. The summed E-state index contributed by atoms with van der Waals surface area (Å²) in [5, 5.41) is 10.4. The van der Waals surface area contributed by atoms with Crippen molar-refractivity contribution in [3.63, 3.8) is 0 Å². The fourth-order valence-electron chi connectivity index (χ4n) is 10.4. The zero-order valence-corrected chi connectivity index (χ0v) is 20.1. The maximum Gasteiger partial charge on any atom is 0.0546 e. The van der Waals surface area contributed by atoms with Crippen LogP contribution in [0.3, 0.4) is 0 Å². The Morgan fingerprint density at radius 1 is 0.897 bits per heavy atom. The highest BCUT2D eigenvalue weighted by Crippen LogP contribution is 2.80. The Kier molecular flexibility index (Phi) is 5.02. The summed E-state index contributed by atoms with van der Waals surface area (Å²) in [5.41, 5.74) is 1.71. The number of fused-ring (bicyclic) bond motifs is 4. The molecule has 0 bridgehead atoms. The normalized spacial score (nSPS) is 54.3. The molecule has 1 heteroatoms. The topological polar surface area (TPSA) is 20.2 Å². The van der Waals surface area contributed by atoms with Crippen molar-refractivity contribution in [3.05, 3.63) is 0 Å². The second-order valence-corrected chi connectivity index (χ2v) is 13.5. The highest BCUT2D eigenvalue weighted by molar-refractivity contribution is 5.22. The van der Waals surface area contributed by atoms with E-state index in [0.717, 1.165) is 54.3 Å². The van der Waals surface area contributed by atoms with Crippen LogP contribution >= 0.6 is 0 Å². The summed E-state index contributed by atoms with van der Waals surface area (Å²) in [6, 6.07) is 0. The van der Waals surface area contributed by atoms with Gasteiger partial charge >= 0.3 is 0 Å². The lowest BCUT2D eigenvalue weighted by Crippen LogP contribution is -2.55. The molecule has 29 heavy (non-hydrogen) atoms. The van der Waals surface area contributed by atoms with Gasteiger partial charge in [0, 0.05) is 0 Å². The lowest BCUT2D eigenvalue weighted by Gasteiger charge is -2.61. The zero-order valence-electron chi connectivity index (χ0n) is 20.1. The predicted octanol–water partition coefficient (Wildman–Crippen LogP) is 7.47. The minimum Gasteiger partial charge on any atom is -0.393 e. The van der Waals surface area contributed by atoms with Gasteiger partial charge in [0.2, 0.25) is 0 Å². The number of aliphatic hydroxyl groups is 1. The van der Waals surface area contributed by atoms with E-state index < -0.39 is 0 Å². The smallest absolute Gasteiger partial charge is 0.0546 e. The third-order valence-corrected chi connectivity index (χ3v) is 12.0. The van der Waals surface area contributed by atoms with Gasteiger partial charge in [-0.3, -0.25) is 0 Å².